The zero-order chi connectivity index (χ0) is 22.5. The van der Waals surface area contributed by atoms with Crippen molar-refractivity contribution in [3.8, 4) is 11.5 Å². The summed E-state index contributed by atoms with van der Waals surface area (Å²) in [4.78, 5) is 12.6. The van der Waals surface area contributed by atoms with Crippen molar-refractivity contribution in [3.05, 3.63) is 94.6 Å². The van der Waals surface area contributed by atoms with Gasteiger partial charge in [-0.1, -0.05) is 41.9 Å². The Balaban J connectivity index is 1.55. The Morgan fingerprint density at radius 2 is 1.72 bits per heavy atom. The highest BCUT2D eigenvalue weighted by molar-refractivity contribution is 6.30. The van der Waals surface area contributed by atoms with Crippen LogP contribution in [-0.2, 0) is 6.54 Å². The molecule has 162 valence electrons. The van der Waals surface area contributed by atoms with E-state index < -0.39 is 0 Å². The van der Waals surface area contributed by atoms with Crippen molar-refractivity contribution in [2.75, 3.05) is 14.2 Å². The fraction of sp³-hybridized carbons (Fsp3) is 0.120. The van der Waals surface area contributed by atoms with Crippen molar-refractivity contribution in [3.63, 3.8) is 0 Å². The normalized spacial score (nSPS) is 11.1. The molecule has 0 atom stereocenters. The maximum Gasteiger partial charge on any atom is 0.271 e. The Morgan fingerprint density at radius 3 is 2.41 bits per heavy atom. The first-order valence-corrected chi connectivity index (χ1v) is 10.3. The summed E-state index contributed by atoms with van der Waals surface area (Å²) >= 11 is 6.00. The molecule has 0 aliphatic heterocycles. The predicted molar refractivity (Wildman–Crippen MR) is 127 cm³/mol. The van der Waals surface area contributed by atoms with E-state index in [0.717, 1.165) is 22.0 Å². The fourth-order valence-electron chi connectivity index (χ4n) is 3.46. The third-order valence-electron chi connectivity index (χ3n) is 5.07. The first kappa shape index (κ1) is 21.5. The van der Waals surface area contributed by atoms with Crippen molar-refractivity contribution in [1.82, 2.24) is 9.99 Å². The van der Waals surface area contributed by atoms with E-state index in [1.807, 2.05) is 48.7 Å². The van der Waals surface area contributed by atoms with Gasteiger partial charge in [-0.2, -0.15) is 5.10 Å². The number of hydrogen-bond donors (Lipinski definition) is 1. The van der Waals surface area contributed by atoms with E-state index in [0.29, 0.717) is 28.6 Å². The van der Waals surface area contributed by atoms with Gasteiger partial charge in [-0.3, -0.25) is 4.79 Å². The zero-order valence-corrected chi connectivity index (χ0v) is 18.5. The van der Waals surface area contributed by atoms with Crippen LogP contribution in [0, 0.1) is 0 Å². The monoisotopic (exact) mass is 447 g/mol. The Bertz CT molecular complexity index is 1260. The lowest BCUT2D eigenvalue weighted by Gasteiger charge is -2.07. The molecule has 4 rings (SSSR count). The number of fused-ring (bicyclic) bond motifs is 1. The molecule has 0 bridgehead atoms. The van der Waals surface area contributed by atoms with Crippen LogP contribution in [0.2, 0.25) is 5.02 Å². The van der Waals surface area contributed by atoms with Crippen LogP contribution < -0.4 is 14.9 Å². The number of rotatable bonds is 7. The molecule has 1 amide bonds. The summed E-state index contributed by atoms with van der Waals surface area (Å²) in [5, 5.41) is 5.93. The molecule has 1 heterocycles. The summed E-state index contributed by atoms with van der Waals surface area (Å²) in [6.07, 6.45) is 3.67. The van der Waals surface area contributed by atoms with Crippen LogP contribution in [0.1, 0.15) is 21.5 Å². The van der Waals surface area contributed by atoms with E-state index in [4.69, 9.17) is 21.1 Å². The highest BCUT2D eigenvalue weighted by Crippen LogP contribution is 2.23. The van der Waals surface area contributed by atoms with Gasteiger partial charge in [-0.05, 0) is 35.9 Å². The average Bonchev–Trinajstić information content (AvgIpc) is 3.17. The molecular formula is C25H22ClN3O3. The lowest BCUT2D eigenvalue weighted by Crippen LogP contribution is -2.17. The van der Waals surface area contributed by atoms with Gasteiger partial charge in [0.05, 0.1) is 20.4 Å². The van der Waals surface area contributed by atoms with Crippen LogP contribution in [0.5, 0.6) is 11.5 Å². The van der Waals surface area contributed by atoms with Crippen LogP contribution in [0.15, 0.2) is 78.0 Å². The first-order valence-electron chi connectivity index (χ1n) is 9.96. The van der Waals surface area contributed by atoms with Gasteiger partial charge in [-0.15, -0.1) is 0 Å². The molecule has 0 unspecified atom stereocenters. The number of methoxy groups -OCH3 is 2. The number of amides is 1. The number of carbonyl (C=O) groups is 1. The van der Waals surface area contributed by atoms with Crippen LogP contribution >= 0.6 is 11.6 Å². The largest absolute Gasteiger partial charge is 0.497 e. The summed E-state index contributed by atoms with van der Waals surface area (Å²) in [5.41, 5.74) is 6.08. The maximum atomic E-state index is 12.6. The number of halogens is 1. The molecule has 3 aromatic carbocycles. The molecule has 0 spiro atoms. The molecule has 0 radical (unpaired) electrons. The van der Waals surface area contributed by atoms with E-state index in [1.165, 1.54) is 14.2 Å². The number of ether oxygens (including phenoxy) is 2. The van der Waals surface area contributed by atoms with Gasteiger partial charge in [0.1, 0.15) is 11.5 Å². The van der Waals surface area contributed by atoms with Gasteiger partial charge < -0.3 is 14.0 Å². The van der Waals surface area contributed by atoms with Crippen molar-refractivity contribution in [1.29, 1.82) is 0 Å². The fourth-order valence-corrected chi connectivity index (χ4v) is 3.58. The van der Waals surface area contributed by atoms with Crippen LogP contribution in [0.3, 0.4) is 0 Å². The number of hydrazone groups is 1. The molecule has 1 N–H and O–H groups in total. The molecule has 0 aliphatic carbocycles. The van der Waals surface area contributed by atoms with E-state index in [1.54, 1.807) is 24.4 Å². The van der Waals surface area contributed by atoms with E-state index in [-0.39, 0.29) is 5.91 Å². The molecular weight excluding hydrogens is 426 g/mol. The number of carbonyl (C=O) groups excluding carboxylic acids is 1. The van der Waals surface area contributed by atoms with Crippen molar-refractivity contribution >= 4 is 34.6 Å². The number of benzene rings is 3. The van der Waals surface area contributed by atoms with E-state index >= 15 is 0 Å². The Hall–Kier alpha value is -3.77. The molecule has 6 nitrogen and oxygen atoms in total. The standard InChI is InChI=1S/C25H22ClN3O3/c1-31-21-11-18(12-22(13-21)32-2)25(30)28-27-14-19-16-29(24-6-4-3-5-23(19)24)15-17-7-9-20(26)10-8-17/h3-14,16H,15H2,1-2H3,(H,28,30)/b27-14-. The Labute approximate surface area is 191 Å². The predicted octanol–water partition coefficient (Wildman–Crippen LogP) is 5.12. The highest BCUT2D eigenvalue weighted by Gasteiger charge is 2.10. The molecule has 0 fully saturated rings. The van der Waals surface area contributed by atoms with E-state index in [2.05, 4.69) is 21.2 Å². The first-order chi connectivity index (χ1) is 15.6. The van der Waals surface area contributed by atoms with Gasteiger partial charge >= 0.3 is 0 Å². The molecule has 7 heteroatoms. The number of aromatic nitrogens is 1. The second-order valence-corrected chi connectivity index (χ2v) is 7.59. The van der Waals surface area contributed by atoms with Gasteiger partial charge in [0.2, 0.25) is 0 Å². The highest BCUT2D eigenvalue weighted by atomic mass is 35.5. The number of para-hydroxylation sites is 1. The topological polar surface area (TPSA) is 64.8 Å². The minimum absolute atomic E-state index is 0.358. The second kappa shape index (κ2) is 9.58. The van der Waals surface area contributed by atoms with E-state index in [9.17, 15) is 4.79 Å². The Kier molecular flexibility index (Phi) is 6.42. The van der Waals surface area contributed by atoms with Crippen molar-refractivity contribution in [2.24, 2.45) is 5.10 Å². The summed E-state index contributed by atoms with van der Waals surface area (Å²) in [7, 11) is 3.07. The summed E-state index contributed by atoms with van der Waals surface area (Å²) in [5.74, 6) is 0.704. The van der Waals surface area contributed by atoms with Gasteiger partial charge in [0.25, 0.3) is 5.91 Å². The molecule has 1 aromatic heterocycles. The van der Waals surface area contributed by atoms with Crippen LogP contribution in [0.25, 0.3) is 10.9 Å². The van der Waals surface area contributed by atoms with Gasteiger partial charge in [-0.25, -0.2) is 5.43 Å². The van der Waals surface area contributed by atoms with Gasteiger partial charge in [0, 0.05) is 45.9 Å². The van der Waals surface area contributed by atoms with Crippen molar-refractivity contribution < 1.29 is 14.3 Å². The number of nitrogens with zero attached hydrogens (tertiary/aromatic N) is 2. The van der Waals surface area contributed by atoms with Crippen molar-refractivity contribution in [2.45, 2.75) is 6.54 Å². The van der Waals surface area contributed by atoms with Crippen LogP contribution in [0.4, 0.5) is 0 Å². The summed E-state index contributed by atoms with van der Waals surface area (Å²) in [6, 6.07) is 20.8. The average molecular weight is 448 g/mol. The summed E-state index contributed by atoms with van der Waals surface area (Å²) < 4.78 is 12.6. The molecule has 0 aliphatic rings. The maximum absolute atomic E-state index is 12.6. The molecule has 0 saturated carbocycles. The van der Waals surface area contributed by atoms with Crippen LogP contribution in [-0.4, -0.2) is 30.9 Å². The zero-order valence-electron chi connectivity index (χ0n) is 17.7. The molecule has 4 aromatic rings. The number of hydrogen-bond acceptors (Lipinski definition) is 4. The quantitative estimate of drug-likeness (QED) is 0.316. The van der Waals surface area contributed by atoms with Gasteiger partial charge in [0.15, 0.2) is 0 Å². The molecule has 0 saturated heterocycles. The Morgan fingerprint density at radius 1 is 1.03 bits per heavy atom. The molecule has 32 heavy (non-hydrogen) atoms. The SMILES string of the molecule is COc1cc(OC)cc(C(=O)N/N=C\c2cn(Cc3ccc(Cl)cc3)c3ccccc23)c1. The third-order valence-corrected chi connectivity index (χ3v) is 5.32. The lowest BCUT2D eigenvalue weighted by atomic mass is 10.2. The summed E-state index contributed by atoms with van der Waals surface area (Å²) in [6.45, 7) is 0.696. The smallest absolute Gasteiger partial charge is 0.271 e. The lowest BCUT2D eigenvalue weighted by molar-refractivity contribution is 0.0954. The minimum atomic E-state index is -0.358. The number of nitrogens with one attached hydrogen (secondary N) is 1. The minimum Gasteiger partial charge on any atom is -0.497 e. The third kappa shape index (κ3) is 4.76. The second-order valence-electron chi connectivity index (χ2n) is 7.16.